The Morgan fingerprint density at radius 2 is 2.31 bits per heavy atom. The van der Waals surface area contributed by atoms with E-state index in [1.165, 1.54) is 12.8 Å². The average molecular weight is 239 g/mol. The second-order valence-electron chi connectivity index (χ2n) is 3.70. The van der Waals surface area contributed by atoms with Crippen molar-refractivity contribution in [1.82, 2.24) is 14.4 Å². The van der Waals surface area contributed by atoms with E-state index < -0.39 is 0 Å². The number of fused-ring (bicyclic) bond motifs is 1. The van der Waals surface area contributed by atoms with Crippen LogP contribution < -0.4 is 5.32 Å². The molecule has 0 aliphatic carbocycles. The summed E-state index contributed by atoms with van der Waals surface area (Å²) >= 11 is 6.09. The fourth-order valence-corrected chi connectivity index (χ4v) is 1.78. The third-order valence-corrected chi connectivity index (χ3v) is 2.71. The van der Waals surface area contributed by atoms with Crippen LogP contribution in [0.5, 0.6) is 0 Å². The zero-order valence-electron chi connectivity index (χ0n) is 9.28. The molecule has 0 unspecified atom stereocenters. The van der Waals surface area contributed by atoms with Gasteiger partial charge in [-0.2, -0.15) is 4.98 Å². The van der Waals surface area contributed by atoms with Crippen molar-refractivity contribution in [3.63, 3.8) is 0 Å². The van der Waals surface area contributed by atoms with Gasteiger partial charge in [0.05, 0.1) is 0 Å². The summed E-state index contributed by atoms with van der Waals surface area (Å²) < 4.78 is 1.75. The van der Waals surface area contributed by atoms with Gasteiger partial charge >= 0.3 is 0 Å². The summed E-state index contributed by atoms with van der Waals surface area (Å²) in [6, 6.07) is 1.82. The van der Waals surface area contributed by atoms with Gasteiger partial charge in [-0.05, 0) is 6.42 Å². The molecule has 2 aromatic rings. The van der Waals surface area contributed by atoms with E-state index in [-0.39, 0.29) is 0 Å². The molecule has 2 rings (SSSR count). The molecule has 0 fully saturated rings. The van der Waals surface area contributed by atoms with Crippen molar-refractivity contribution in [3.8, 4) is 0 Å². The Balaban J connectivity index is 2.06. The Kier molecular flexibility index (Phi) is 3.62. The lowest BCUT2D eigenvalue weighted by atomic mass is 10.2. The molecule has 4 nitrogen and oxygen atoms in total. The number of hydrogen-bond donors (Lipinski definition) is 1. The van der Waals surface area contributed by atoms with Crippen LogP contribution in [0.2, 0.25) is 5.15 Å². The van der Waals surface area contributed by atoms with Crippen LogP contribution in [-0.4, -0.2) is 20.9 Å². The zero-order valence-corrected chi connectivity index (χ0v) is 10.0. The largest absolute Gasteiger partial charge is 0.370 e. The Morgan fingerprint density at radius 3 is 3.12 bits per heavy atom. The summed E-state index contributed by atoms with van der Waals surface area (Å²) in [5.41, 5.74) is 0. The van der Waals surface area contributed by atoms with E-state index in [9.17, 15) is 0 Å². The van der Waals surface area contributed by atoms with Crippen LogP contribution in [0.3, 0.4) is 0 Å². The number of aromatic nitrogens is 3. The van der Waals surface area contributed by atoms with Gasteiger partial charge in [-0.25, -0.2) is 4.98 Å². The number of unbranched alkanes of at least 4 members (excludes halogenated alkanes) is 2. The smallest absolute Gasteiger partial charge is 0.236 e. The van der Waals surface area contributed by atoms with E-state index in [4.69, 9.17) is 11.6 Å². The van der Waals surface area contributed by atoms with E-state index in [1.807, 2.05) is 6.07 Å². The van der Waals surface area contributed by atoms with E-state index in [0.717, 1.165) is 18.8 Å². The van der Waals surface area contributed by atoms with Crippen LogP contribution in [0.1, 0.15) is 26.2 Å². The summed E-state index contributed by atoms with van der Waals surface area (Å²) in [6.45, 7) is 3.11. The topological polar surface area (TPSA) is 42.2 Å². The van der Waals surface area contributed by atoms with Crippen molar-refractivity contribution in [1.29, 1.82) is 0 Å². The molecule has 2 heterocycles. The molecule has 0 aliphatic rings. The second-order valence-corrected chi connectivity index (χ2v) is 4.08. The van der Waals surface area contributed by atoms with Crippen molar-refractivity contribution in [2.24, 2.45) is 0 Å². The molecule has 1 N–H and O–H groups in total. The molecular weight excluding hydrogens is 224 g/mol. The highest BCUT2D eigenvalue weighted by molar-refractivity contribution is 6.30. The Labute approximate surface area is 99.7 Å². The number of nitrogens with one attached hydrogen (secondary N) is 1. The quantitative estimate of drug-likeness (QED) is 0.643. The first-order chi connectivity index (χ1) is 7.81. The number of nitrogens with zero attached hydrogens (tertiary/aromatic N) is 3. The van der Waals surface area contributed by atoms with Crippen LogP contribution in [0, 0.1) is 0 Å². The normalized spacial score (nSPS) is 10.9. The number of imidazole rings is 1. The third-order valence-electron chi connectivity index (χ3n) is 2.41. The lowest BCUT2D eigenvalue weighted by Gasteiger charge is -2.06. The molecule has 0 bridgehead atoms. The maximum atomic E-state index is 6.09. The molecule has 0 amide bonds. The first-order valence-electron chi connectivity index (χ1n) is 5.54. The minimum Gasteiger partial charge on any atom is -0.370 e. The van der Waals surface area contributed by atoms with Gasteiger partial charge in [-0.15, -0.1) is 0 Å². The highest BCUT2D eigenvalue weighted by Crippen LogP contribution is 2.15. The standard InChI is InChI=1S/C11H15ClN4/c1-2-3-4-5-13-10-8-9(12)16-7-6-14-11(16)15-10/h6-8H,2-5H2,1H3,(H,13,14,15). The second kappa shape index (κ2) is 5.16. The summed E-state index contributed by atoms with van der Waals surface area (Å²) in [5, 5.41) is 3.88. The van der Waals surface area contributed by atoms with E-state index in [2.05, 4.69) is 22.2 Å². The number of halogens is 1. The first-order valence-corrected chi connectivity index (χ1v) is 5.92. The number of anilines is 1. The van der Waals surface area contributed by atoms with Crippen molar-refractivity contribution < 1.29 is 0 Å². The zero-order chi connectivity index (χ0) is 11.4. The van der Waals surface area contributed by atoms with Gasteiger partial charge in [0.15, 0.2) is 0 Å². The highest BCUT2D eigenvalue weighted by atomic mass is 35.5. The molecule has 5 heteroatoms. The Bertz CT molecular complexity index is 466. The van der Waals surface area contributed by atoms with Crippen LogP contribution in [0.25, 0.3) is 5.78 Å². The lowest BCUT2D eigenvalue weighted by molar-refractivity contribution is 0.742. The predicted octanol–water partition coefficient (Wildman–Crippen LogP) is 2.98. The van der Waals surface area contributed by atoms with Gasteiger partial charge in [-0.1, -0.05) is 31.4 Å². The predicted molar refractivity (Wildman–Crippen MR) is 66.0 cm³/mol. The molecule has 0 atom stereocenters. The van der Waals surface area contributed by atoms with Gasteiger partial charge in [0.25, 0.3) is 0 Å². The summed E-state index contributed by atoms with van der Waals surface area (Å²) in [7, 11) is 0. The molecule has 16 heavy (non-hydrogen) atoms. The number of rotatable bonds is 5. The first kappa shape index (κ1) is 11.2. The molecule has 0 aliphatic heterocycles. The fourth-order valence-electron chi connectivity index (χ4n) is 1.55. The average Bonchev–Trinajstić information content (AvgIpc) is 2.73. The van der Waals surface area contributed by atoms with Gasteiger partial charge in [0, 0.05) is 25.0 Å². The molecule has 0 saturated heterocycles. The SMILES string of the molecule is CCCCCNc1cc(Cl)n2ccnc2n1. The Hall–Kier alpha value is -1.29. The van der Waals surface area contributed by atoms with Crippen LogP contribution in [0.4, 0.5) is 5.82 Å². The third kappa shape index (κ3) is 2.44. The van der Waals surface area contributed by atoms with Crippen LogP contribution in [0.15, 0.2) is 18.5 Å². The highest BCUT2D eigenvalue weighted by Gasteiger charge is 2.03. The lowest BCUT2D eigenvalue weighted by Crippen LogP contribution is -2.04. The van der Waals surface area contributed by atoms with Gasteiger partial charge in [0.1, 0.15) is 11.0 Å². The number of hydrogen-bond acceptors (Lipinski definition) is 3. The molecule has 0 radical (unpaired) electrons. The summed E-state index contributed by atoms with van der Waals surface area (Å²) in [5.74, 6) is 1.42. The van der Waals surface area contributed by atoms with Crippen LogP contribution in [-0.2, 0) is 0 Å². The van der Waals surface area contributed by atoms with Crippen molar-refractivity contribution in [2.45, 2.75) is 26.2 Å². The van der Waals surface area contributed by atoms with Gasteiger partial charge in [-0.3, -0.25) is 4.40 Å². The summed E-state index contributed by atoms with van der Waals surface area (Å²) in [4.78, 5) is 8.46. The van der Waals surface area contributed by atoms with Gasteiger partial charge in [0.2, 0.25) is 5.78 Å². The minimum atomic E-state index is 0.625. The molecule has 2 aromatic heterocycles. The molecule has 0 saturated carbocycles. The fraction of sp³-hybridized carbons (Fsp3) is 0.455. The Morgan fingerprint density at radius 1 is 1.44 bits per heavy atom. The monoisotopic (exact) mass is 238 g/mol. The van der Waals surface area contributed by atoms with Crippen molar-refractivity contribution in [2.75, 3.05) is 11.9 Å². The van der Waals surface area contributed by atoms with Crippen molar-refractivity contribution in [3.05, 3.63) is 23.6 Å². The van der Waals surface area contributed by atoms with Gasteiger partial charge < -0.3 is 5.32 Å². The molecule has 86 valence electrons. The minimum absolute atomic E-state index is 0.625. The molecule has 0 spiro atoms. The van der Waals surface area contributed by atoms with Crippen LogP contribution >= 0.6 is 11.6 Å². The van der Waals surface area contributed by atoms with Crippen molar-refractivity contribution >= 4 is 23.2 Å². The maximum Gasteiger partial charge on any atom is 0.236 e. The summed E-state index contributed by atoms with van der Waals surface area (Å²) in [6.07, 6.45) is 7.08. The molecule has 0 aromatic carbocycles. The van der Waals surface area contributed by atoms with E-state index in [1.54, 1.807) is 16.8 Å². The van der Waals surface area contributed by atoms with E-state index in [0.29, 0.717) is 10.9 Å². The van der Waals surface area contributed by atoms with E-state index >= 15 is 0 Å². The molecular formula is C11H15ClN4. The maximum absolute atomic E-state index is 6.09.